The predicted octanol–water partition coefficient (Wildman–Crippen LogP) is 4.96. The normalized spacial score (nSPS) is 21.2. The van der Waals surface area contributed by atoms with E-state index in [9.17, 15) is 0 Å². The number of likely N-dealkylation sites (tertiary alicyclic amines) is 1. The van der Waals surface area contributed by atoms with Crippen molar-refractivity contribution in [2.75, 3.05) is 26.7 Å². The Hall–Kier alpha value is -0.340. The molecule has 1 fully saturated rings. The summed E-state index contributed by atoms with van der Waals surface area (Å²) in [6, 6.07) is 0.760. The first-order valence-electron chi connectivity index (χ1n) is 9.21. The highest BCUT2D eigenvalue weighted by Crippen LogP contribution is 2.22. The molecular formula is C20H42N2. The molecule has 0 amide bonds. The maximum absolute atomic E-state index is 3.50. The number of hydrogen-bond acceptors (Lipinski definition) is 2. The van der Waals surface area contributed by atoms with E-state index in [1.807, 2.05) is 0 Å². The van der Waals surface area contributed by atoms with Crippen molar-refractivity contribution in [1.82, 2.24) is 10.2 Å². The second-order valence-corrected chi connectivity index (χ2v) is 8.72. The van der Waals surface area contributed by atoms with Crippen molar-refractivity contribution in [3.8, 4) is 0 Å². The molecule has 2 unspecified atom stereocenters. The van der Waals surface area contributed by atoms with Crippen LogP contribution in [-0.2, 0) is 0 Å². The lowest BCUT2D eigenvalue weighted by Crippen LogP contribution is -2.30. The molecule has 1 aliphatic heterocycles. The molecule has 0 bridgehead atoms. The van der Waals surface area contributed by atoms with Gasteiger partial charge in [-0.05, 0) is 56.7 Å². The van der Waals surface area contributed by atoms with Gasteiger partial charge in [-0.3, -0.25) is 0 Å². The van der Waals surface area contributed by atoms with Gasteiger partial charge in [0.25, 0.3) is 0 Å². The van der Waals surface area contributed by atoms with E-state index in [1.165, 1.54) is 25.8 Å². The first kappa shape index (κ1) is 21.7. The molecule has 1 N–H and O–H groups in total. The zero-order chi connectivity index (χ0) is 17.2. The SMILES string of the molecule is CC(/C=C/CNCCC(C)(C)C)C1CCCN1C.CC(C)C. The Morgan fingerprint density at radius 3 is 2.23 bits per heavy atom. The van der Waals surface area contributed by atoms with Crippen LogP contribution in [0, 0.1) is 17.3 Å². The summed E-state index contributed by atoms with van der Waals surface area (Å²) in [4.78, 5) is 2.50. The molecule has 1 saturated heterocycles. The van der Waals surface area contributed by atoms with Gasteiger partial charge in [0, 0.05) is 12.6 Å². The molecule has 0 spiro atoms. The smallest absolute Gasteiger partial charge is 0.0153 e. The molecular weight excluding hydrogens is 268 g/mol. The van der Waals surface area contributed by atoms with E-state index in [2.05, 4.69) is 77.9 Å². The van der Waals surface area contributed by atoms with Crippen molar-refractivity contribution < 1.29 is 0 Å². The van der Waals surface area contributed by atoms with Crippen LogP contribution in [0.15, 0.2) is 12.2 Å². The Morgan fingerprint density at radius 2 is 1.77 bits per heavy atom. The molecule has 132 valence electrons. The van der Waals surface area contributed by atoms with Crippen molar-refractivity contribution in [1.29, 1.82) is 0 Å². The fraction of sp³-hybridized carbons (Fsp3) is 0.900. The molecule has 1 rings (SSSR count). The molecule has 2 atom stereocenters. The second-order valence-electron chi connectivity index (χ2n) is 8.72. The number of hydrogen-bond donors (Lipinski definition) is 1. The lowest BCUT2D eigenvalue weighted by Gasteiger charge is -2.23. The summed E-state index contributed by atoms with van der Waals surface area (Å²) in [5.41, 5.74) is 0.441. The largest absolute Gasteiger partial charge is 0.313 e. The van der Waals surface area contributed by atoms with Crippen LogP contribution in [-0.4, -0.2) is 37.6 Å². The monoisotopic (exact) mass is 310 g/mol. The number of rotatable bonds is 6. The van der Waals surface area contributed by atoms with Gasteiger partial charge in [0.05, 0.1) is 0 Å². The van der Waals surface area contributed by atoms with Gasteiger partial charge in [0.15, 0.2) is 0 Å². The third-order valence-corrected chi connectivity index (χ3v) is 3.94. The van der Waals surface area contributed by atoms with Crippen LogP contribution in [0.4, 0.5) is 0 Å². The fourth-order valence-electron chi connectivity index (χ4n) is 2.66. The number of nitrogens with zero attached hydrogens (tertiary/aromatic N) is 1. The van der Waals surface area contributed by atoms with Gasteiger partial charge < -0.3 is 10.2 Å². The maximum atomic E-state index is 3.50. The average Bonchev–Trinajstić information content (AvgIpc) is 2.77. The van der Waals surface area contributed by atoms with Crippen molar-refractivity contribution in [2.24, 2.45) is 17.3 Å². The Balaban J connectivity index is 0.000000980. The minimum atomic E-state index is 0.441. The van der Waals surface area contributed by atoms with Gasteiger partial charge in [-0.1, -0.05) is 60.6 Å². The zero-order valence-electron chi connectivity index (χ0n) is 16.6. The highest BCUT2D eigenvalue weighted by Gasteiger charge is 2.24. The van der Waals surface area contributed by atoms with Crippen LogP contribution < -0.4 is 5.32 Å². The summed E-state index contributed by atoms with van der Waals surface area (Å²) in [6.07, 6.45) is 8.65. The van der Waals surface area contributed by atoms with E-state index in [0.29, 0.717) is 11.3 Å². The molecule has 2 nitrogen and oxygen atoms in total. The molecule has 1 aliphatic rings. The summed E-state index contributed by atoms with van der Waals surface area (Å²) in [6.45, 7) is 19.1. The topological polar surface area (TPSA) is 15.3 Å². The first-order valence-corrected chi connectivity index (χ1v) is 9.21. The Labute approximate surface area is 140 Å². The lowest BCUT2D eigenvalue weighted by atomic mass is 9.92. The van der Waals surface area contributed by atoms with Crippen LogP contribution in [0.25, 0.3) is 0 Å². The standard InChI is InChI=1S/C16H32N2.C4H10/c1-14(15-9-7-13-18(15)5)8-6-11-17-12-10-16(2,3)4;1-4(2)3/h6,8,14-15,17H,7,9-13H2,1-5H3;4H,1-3H3/b8-6+;. The zero-order valence-corrected chi connectivity index (χ0v) is 16.6. The second kappa shape index (κ2) is 11.2. The molecule has 0 aliphatic carbocycles. The van der Waals surface area contributed by atoms with Crippen molar-refractivity contribution >= 4 is 0 Å². The maximum Gasteiger partial charge on any atom is 0.0153 e. The summed E-state index contributed by atoms with van der Waals surface area (Å²) >= 11 is 0. The van der Waals surface area contributed by atoms with Crippen LogP contribution in [0.2, 0.25) is 0 Å². The van der Waals surface area contributed by atoms with E-state index in [1.54, 1.807) is 0 Å². The third kappa shape index (κ3) is 12.2. The predicted molar refractivity (Wildman–Crippen MR) is 101 cm³/mol. The van der Waals surface area contributed by atoms with Crippen LogP contribution in [0.3, 0.4) is 0 Å². The third-order valence-electron chi connectivity index (χ3n) is 3.94. The Morgan fingerprint density at radius 1 is 1.18 bits per heavy atom. The molecule has 0 aromatic carbocycles. The van der Waals surface area contributed by atoms with E-state index in [4.69, 9.17) is 0 Å². The minimum Gasteiger partial charge on any atom is -0.313 e. The van der Waals surface area contributed by atoms with Crippen molar-refractivity contribution in [2.45, 2.75) is 73.8 Å². The molecule has 2 heteroatoms. The molecule has 0 aromatic rings. The summed E-state index contributed by atoms with van der Waals surface area (Å²) < 4.78 is 0. The van der Waals surface area contributed by atoms with E-state index in [-0.39, 0.29) is 0 Å². The Kier molecular flexibility index (Phi) is 11.1. The van der Waals surface area contributed by atoms with Gasteiger partial charge in [-0.2, -0.15) is 0 Å². The van der Waals surface area contributed by atoms with Crippen molar-refractivity contribution in [3.05, 3.63) is 12.2 Å². The minimum absolute atomic E-state index is 0.441. The van der Waals surface area contributed by atoms with Gasteiger partial charge in [-0.15, -0.1) is 0 Å². The lowest BCUT2D eigenvalue weighted by molar-refractivity contribution is 0.266. The van der Waals surface area contributed by atoms with Gasteiger partial charge >= 0.3 is 0 Å². The summed E-state index contributed by atoms with van der Waals surface area (Å²) in [5.74, 6) is 1.52. The first-order chi connectivity index (χ1) is 10.1. The molecule has 1 heterocycles. The summed E-state index contributed by atoms with van der Waals surface area (Å²) in [5, 5.41) is 3.50. The average molecular weight is 311 g/mol. The summed E-state index contributed by atoms with van der Waals surface area (Å²) in [7, 11) is 2.25. The molecule has 0 saturated carbocycles. The van der Waals surface area contributed by atoms with Crippen LogP contribution in [0.1, 0.15) is 67.7 Å². The van der Waals surface area contributed by atoms with E-state index < -0.39 is 0 Å². The number of nitrogens with one attached hydrogen (secondary N) is 1. The van der Waals surface area contributed by atoms with Gasteiger partial charge in [-0.25, -0.2) is 0 Å². The highest BCUT2D eigenvalue weighted by molar-refractivity contribution is 4.95. The van der Waals surface area contributed by atoms with E-state index in [0.717, 1.165) is 25.0 Å². The van der Waals surface area contributed by atoms with Gasteiger partial charge in [0.2, 0.25) is 0 Å². The molecule has 22 heavy (non-hydrogen) atoms. The van der Waals surface area contributed by atoms with Gasteiger partial charge in [0.1, 0.15) is 0 Å². The Bertz CT molecular complexity index is 286. The quantitative estimate of drug-likeness (QED) is 0.551. The van der Waals surface area contributed by atoms with E-state index >= 15 is 0 Å². The van der Waals surface area contributed by atoms with Crippen molar-refractivity contribution in [3.63, 3.8) is 0 Å². The van der Waals surface area contributed by atoms with Crippen LogP contribution in [0.5, 0.6) is 0 Å². The highest BCUT2D eigenvalue weighted by atomic mass is 15.1. The molecule has 0 radical (unpaired) electrons. The molecule has 0 aromatic heterocycles. The fourth-order valence-corrected chi connectivity index (χ4v) is 2.66. The van der Waals surface area contributed by atoms with Crippen LogP contribution >= 0.6 is 0 Å².